The summed E-state index contributed by atoms with van der Waals surface area (Å²) in [7, 11) is 0. The van der Waals surface area contributed by atoms with Crippen LogP contribution in [0.15, 0.2) is 47.4 Å². The molecular weight excluding hydrogens is 396 g/mol. The van der Waals surface area contributed by atoms with Gasteiger partial charge in [0.05, 0.1) is 10.6 Å². The third kappa shape index (κ3) is 3.77. The third-order valence-corrected chi connectivity index (χ3v) is 6.44. The third-order valence-electron chi connectivity index (χ3n) is 4.89. The van der Waals surface area contributed by atoms with Crippen molar-refractivity contribution in [3.63, 3.8) is 0 Å². The smallest absolute Gasteiger partial charge is 0.270 e. The molecule has 0 aliphatic carbocycles. The number of hydrogen-bond acceptors (Lipinski definition) is 4. The Morgan fingerprint density at radius 2 is 1.74 bits per heavy atom. The van der Waals surface area contributed by atoms with Crippen molar-refractivity contribution < 1.29 is 4.79 Å². The first kappa shape index (κ1) is 18.5. The van der Waals surface area contributed by atoms with Gasteiger partial charge in [-0.1, -0.05) is 41.6 Å². The Hall–Kier alpha value is -1.82. The second-order valence-corrected chi connectivity index (χ2v) is 8.84. The standard InChI is InChI=1S/C21H19ClN2OS2/c1-14-12-18(23-10-2-3-11-23)7-4-15(14)13-19-20(25)24(21(26)27-19)17-8-5-16(22)6-9-17/h4-9,12-13H,2-3,10-11H2,1H3/b19-13-. The van der Waals surface area contributed by atoms with Gasteiger partial charge in [-0.15, -0.1) is 0 Å². The molecule has 3 nitrogen and oxygen atoms in total. The van der Waals surface area contributed by atoms with Crippen molar-refractivity contribution in [2.45, 2.75) is 19.8 Å². The number of thiocarbonyl (C=S) groups is 1. The molecule has 0 radical (unpaired) electrons. The normalized spacial score (nSPS) is 18.8. The van der Waals surface area contributed by atoms with E-state index >= 15 is 0 Å². The molecule has 2 heterocycles. The topological polar surface area (TPSA) is 23.6 Å². The highest BCUT2D eigenvalue weighted by Gasteiger charge is 2.33. The summed E-state index contributed by atoms with van der Waals surface area (Å²) in [6, 6.07) is 13.6. The predicted octanol–water partition coefficient (Wildman–Crippen LogP) is 5.65. The van der Waals surface area contributed by atoms with Crippen molar-refractivity contribution in [2.24, 2.45) is 0 Å². The Bertz CT molecular complexity index is 934. The van der Waals surface area contributed by atoms with Crippen molar-refractivity contribution in [1.82, 2.24) is 0 Å². The van der Waals surface area contributed by atoms with Gasteiger partial charge in [0.1, 0.15) is 0 Å². The lowest BCUT2D eigenvalue weighted by Gasteiger charge is -2.18. The van der Waals surface area contributed by atoms with E-state index < -0.39 is 0 Å². The lowest BCUT2D eigenvalue weighted by molar-refractivity contribution is -0.113. The van der Waals surface area contributed by atoms with Gasteiger partial charge in [-0.2, -0.15) is 0 Å². The molecule has 0 atom stereocenters. The van der Waals surface area contributed by atoms with E-state index in [1.54, 1.807) is 17.0 Å². The number of hydrogen-bond donors (Lipinski definition) is 0. The maximum Gasteiger partial charge on any atom is 0.270 e. The van der Waals surface area contributed by atoms with Crippen LogP contribution in [-0.2, 0) is 4.79 Å². The minimum absolute atomic E-state index is 0.0876. The Labute approximate surface area is 174 Å². The summed E-state index contributed by atoms with van der Waals surface area (Å²) in [6.45, 7) is 4.34. The molecule has 2 aliphatic heterocycles. The van der Waals surface area contributed by atoms with Crippen LogP contribution in [0.25, 0.3) is 6.08 Å². The highest BCUT2D eigenvalue weighted by Crippen LogP contribution is 2.37. The monoisotopic (exact) mass is 414 g/mol. The average molecular weight is 415 g/mol. The van der Waals surface area contributed by atoms with Crippen LogP contribution in [0.1, 0.15) is 24.0 Å². The second-order valence-electron chi connectivity index (χ2n) is 6.73. The highest BCUT2D eigenvalue weighted by molar-refractivity contribution is 8.27. The van der Waals surface area contributed by atoms with Gasteiger partial charge in [0.2, 0.25) is 0 Å². The fourth-order valence-corrected chi connectivity index (χ4v) is 4.83. The molecule has 2 aromatic carbocycles. The quantitative estimate of drug-likeness (QED) is 0.478. The maximum absolute atomic E-state index is 12.9. The molecule has 1 amide bonds. The Morgan fingerprint density at radius 1 is 1.07 bits per heavy atom. The number of carbonyl (C=O) groups excluding carboxylic acids is 1. The number of rotatable bonds is 3. The first-order chi connectivity index (χ1) is 13.0. The van der Waals surface area contributed by atoms with Gasteiger partial charge in [-0.05, 0) is 73.4 Å². The van der Waals surface area contributed by atoms with E-state index in [2.05, 4.69) is 30.0 Å². The zero-order valence-electron chi connectivity index (χ0n) is 14.9. The first-order valence-corrected chi connectivity index (χ1v) is 10.5. The molecule has 2 saturated heterocycles. The van der Waals surface area contributed by atoms with Gasteiger partial charge in [-0.25, -0.2) is 0 Å². The van der Waals surface area contributed by atoms with Gasteiger partial charge in [0, 0.05) is 23.8 Å². The van der Waals surface area contributed by atoms with E-state index in [9.17, 15) is 4.79 Å². The van der Waals surface area contributed by atoms with Gasteiger partial charge in [0.15, 0.2) is 4.32 Å². The maximum atomic E-state index is 12.9. The average Bonchev–Trinajstić information content (AvgIpc) is 3.27. The van der Waals surface area contributed by atoms with Gasteiger partial charge >= 0.3 is 0 Å². The van der Waals surface area contributed by atoms with Gasteiger partial charge < -0.3 is 4.90 Å². The lowest BCUT2D eigenvalue weighted by Crippen LogP contribution is -2.27. The van der Waals surface area contributed by atoms with E-state index in [1.165, 1.54) is 30.3 Å². The van der Waals surface area contributed by atoms with Crippen LogP contribution in [-0.4, -0.2) is 23.3 Å². The number of anilines is 2. The number of amides is 1. The number of thioether (sulfide) groups is 1. The minimum Gasteiger partial charge on any atom is -0.372 e. The highest BCUT2D eigenvalue weighted by atomic mass is 35.5. The largest absolute Gasteiger partial charge is 0.372 e. The molecule has 6 heteroatoms. The minimum atomic E-state index is -0.0876. The molecular formula is C21H19ClN2OS2. The van der Waals surface area contributed by atoms with Crippen LogP contribution < -0.4 is 9.80 Å². The molecule has 4 rings (SSSR count). The van der Waals surface area contributed by atoms with Crippen LogP contribution in [0, 0.1) is 6.92 Å². The molecule has 0 spiro atoms. The van der Waals surface area contributed by atoms with Gasteiger partial charge in [0.25, 0.3) is 5.91 Å². The van der Waals surface area contributed by atoms with Crippen LogP contribution in [0.3, 0.4) is 0 Å². The SMILES string of the molecule is Cc1cc(N2CCCC2)ccc1/C=C1\SC(=S)N(c2ccc(Cl)cc2)C1=O. The Kier molecular flexibility index (Phi) is 5.26. The summed E-state index contributed by atoms with van der Waals surface area (Å²) in [5.74, 6) is -0.0876. The van der Waals surface area contributed by atoms with E-state index in [0.717, 1.165) is 29.9 Å². The van der Waals surface area contributed by atoms with Crippen molar-refractivity contribution >= 4 is 63.3 Å². The van der Waals surface area contributed by atoms with Crippen LogP contribution in [0.4, 0.5) is 11.4 Å². The number of nitrogens with zero attached hydrogens (tertiary/aromatic N) is 2. The zero-order valence-corrected chi connectivity index (χ0v) is 17.3. The molecule has 138 valence electrons. The molecule has 0 bridgehead atoms. The van der Waals surface area contributed by atoms with E-state index in [0.29, 0.717) is 14.2 Å². The fourth-order valence-electron chi connectivity index (χ4n) is 3.42. The Morgan fingerprint density at radius 3 is 2.41 bits per heavy atom. The molecule has 2 fully saturated rings. The van der Waals surface area contributed by atoms with E-state index in [1.807, 2.05) is 18.2 Å². The molecule has 0 unspecified atom stereocenters. The van der Waals surface area contributed by atoms with E-state index in [-0.39, 0.29) is 5.91 Å². The zero-order chi connectivity index (χ0) is 19.0. The Balaban J connectivity index is 1.60. The summed E-state index contributed by atoms with van der Waals surface area (Å²) < 4.78 is 0.542. The molecule has 2 aromatic rings. The summed E-state index contributed by atoms with van der Waals surface area (Å²) in [5, 5.41) is 0.633. The van der Waals surface area contributed by atoms with Crippen LogP contribution >= 0.6 is 35.6 Å². The van der Waals surface area contributed by atoms with Gasteiger partial charge in [-0.3, -0.25) is 9.69 Å². The first-order valence-electron chi connectivity index (χ1n) is 8.92. The molecule has 27 heavy (non-hydrogen) atoms. The summed E-state index contributed by atoms with van der Waals surface area (Å²) in [6.07, 6.45) is 4.46. The van der Waals surface area contributed by atoms with Crippen molar-refractivity contribution in [1.29, 1.82) is 0 Å². The van der Waals surface area contributed by atoms with Crippen LogP contribution in [0.2, 0.25) is 5.02 Å². The molecule has 2 aliphatic rings. The summed E-state index contributed by atoms with van der Waals surface area (Å²) in [4.78, 5) is 17.5. The number of benzene rings is 2. The van der Waals surface area contributed by atoms with Crippen molar-refractivity contribution in [2.75, 3.05) is 22.9 Å². The number of halogens is 1. The second kappa shape index (κ2) is 7.66. The summed E-state index contributed by atoms with van der Waals surface area (Å²) in [5.41, 5.74) is 4.22. The lowest BCUT2D eigenvalue weighted by atomic mass is 10.1. The fraction of sp³-hybridized carbons (Fsp3) is 0.238. The van der Waals surface area contributed by atoms with E-state index in [4.69, 9.17) is 23.8 Å². The van der Waals surface area contributed by atoms with Crippen molar-refractivity contribution in [3.8, 4) is 0 Å². The predicted molar refractivity (Wildman–Crippen MR) is 120 cm³/mol. The van der Waals surface area contributed by atoms with Crippen molar-refractivity contribution in [3.05, 3.63) is 63.5 Å². The number of aryl methyl sites for hydroxylation is 1. The molecule has 0 saturated carbocycles. The molecule has 0 N–H and O–H groups in total. The van der Waals surface area contributed by atoms with Crippen LogP contribution in [0.5, 0.6) is 0 Å². The summed E-state index contributed by atoms with van der Waals surface area (Å²) >= 11 is 12.7. The number of carbonyl (C=O) groups is 1. The molecule has 0 aromatic heterocycles.